The summed E-state index contributed by atoms with van der Waals surface area (Å²) in [4.78, 5) is 33.4. The van der Waals surface area contributed by atoms with Gasteiger partial charge in [-0.1, -0.05) is 19.8 Å². The number of carbonyl (C=O) groups excluding carboxylic acids is 2. The highest BCUT2D eigenvalue weighted by Gasteiger charge is 2.14. The number of rotatable bonds is 11. The average molecular weight is 318 g/mol. The van der Waals surface area contributed by atoms with Gasteiger partial charge in [-0.05, 0) is 30.8 Å². The maximum atomic E-state index is 11.5. The van der Waals surface area contributed by atoms with Crippen LogP contribution in [0.2, 0.25) is 0 Å². The van der Waals surface area contributed by atoms with Gasteiger partial charge in [0.1, 0.15) is 0 Å². The number of thioether (sulfide) groups is 1. The monoisotopic (exact) mass is 318 g/mol. The molecule has 3 N–H and O–H groups in total. The number of nitrogens with one attached hydrogen (secondary N) is 2. The van der Waals surface area contributed by atoms with Crippen molar-refractivity contribution in [2.45, 2.75) is 45.4 Å². The molecule has 3 amide bonds. The number of carboxylic acid groups (broad SMARTS) is 1. The van der Waals surface area contributed by atoms with Gasteiger partial charge in [0, 0.05) is 19.4 Å². The number of carboxylic acids is 1. The Morgan fingerprint density at radius 3 is 2.38 bits per heavy atom. The van der Waals surface area contributed by atoms with E-state index in [1.54, 1.807) is 6.92 Å². The molecule has 122 valence electrons. The second kappa shape index (κ2) is 12.5. The normalized spacial score (nSPS) is 11.7. The van der Waals surface area contributed by atoms with Crippen LogP contribution in [0, 0.1) is 5.92 Å². The van der Waals surface area contributed by atoms with Crippen LogP contribution in [0.3, 0.4) is 0 Å². The van der Waals surface area contributed by atoms with Crippen LogP contribution in [0.5, 0.6) is 0 Å². The summed E-state index contributed by atoms with van der Waals surface area (Å²) < 4.78 is 0. The van der Waals surface area contributed by atoms with Gasteiger partial charge in [0.05, 0.1) is 0 Å². The number of amides is 3. The smallest absolute Gasteiger partial charge is 0.321 e. The number of unbranched alkanes of at least 4 members (excludes halogenated alkanes) is 3. The topological polar surface area (TPSA) is 95.5 Å². The van der Waals surface area contributed by atoms with E-state index < -0.39 is 17.9 Å². The van der Waals surface area contributed by atoms with Crippen molar-refractivity contribution in [3.8, 4) is 0 Å². The zero-order valence-electron chi connectivity index (χ0n) is 12.8. The maximum Gasteiger partial charge on any atom is 0.321 e. The molecule has 1 atom stereocenters. The van der Waals surface area contributed by atoms with Crippen molar-refractivity contribution in [1.29, 1.82) is 0 Å². The molecular weight excluding hydrogens is 292 g/mol. The summed E-state index contributed by atoms with van der Waals surface area (Å²) >= 11 is 1.83. The van der Waals surface area contributed by atoms with E-state index in [-0.39, 0.29) is 18.8 Å². The SMILES string of the molecule is CSCCCCCCNC(=O)NC(=O)CC(C)CC(=O)O. The molecule has 0 aliphatic heterocycles. The summed E-state index contributed by atoms with van der Waals surface area (Å²) in [5, 5.41) is 13.4. The van der Waals surface area contributed by atoms with Crippen molar-refractivity contribution < 1.29 is 19.5 Å². The molecule has 0 aromatic heterocycles. The summed E-state index contributed by atoms with van der Waals surface area (Å²) in [5.74, 6) is -0.508. The molecule has 0 radical (unpaired) electrons. The van der Waals surface area contributed by atoms with Crippen LogP contribution in [0.1, 0.15) is 45.4 Å². The number of aliphatic carboxylic acids is 1. The molecule has 1 unspecified atom stereocenters. The van der Waals surface area contributed by atoms with Gasteiger partial charge >= 0.3 is 12.0 Å². The fourth-order valence-corrected chi connectivity index (χ4v) is 2.33. The lowest BCUT2D eigenvalue weighted by molar-refractivity contribution is -0.138. The molecule has 0 saturated heterocycles. The van der Waals surface area contributed by atoms with Crippen LogP contribution in [-0.4, -0.2) is 41.6 Å². The van der Waals surface area contributed by atoms with Gasteiger partial charge in [-0.15, -0.1) is 0 Å². The molecule has 0 fully saturated rings. The molecule has 0 bridgehead atoms. The van der Waals surface area contributed by atoms with Crippen molar-refractivity contribution >= 4 is 29.7 Å². The first-order valence-electron chi connectivity index (χ1n) is 7.24. The fourth-order valence-electron chi connectivity index (χ4n) is 1.84. The minimum atomic E-state index is -0.943. The molecule has 6 nitrogen and oxygen atoms in total. The lowest BCUT2D eigenvalue weighted by Crippen LogP contribution is -2.40. The molecule has 0 aliphatic rings. The summed E-state index contributed by atoms with van der Waals surface area (Å²) in [6, 6.07) is -0.508. The predicted molar refractivity (Wildman–Crippen MR) is 84.4 cm³/mol. The first-order chi connectivity index (χ1) is 9.95. The standard InChI is InChI=1S/C14H26N2O4S/c1-11(10-13(18)19)9-12(17)16-14(20)15-7-5-3-4-6-8-21-2/h11H,3-10H2,1-2H3,(H,18,19)(H2,15,16,17,20). The minimum Gasteiger partial charge on any atom is -0.481 e. The predicted octanol–water partition coefficient (Wildman–Crippen LogP) is 2.24. The Bertz CT molecular complexity index is 337. The zero-order chi connectivity index (χ0) is 16.1. The second-order valence-corrected chi connectivity index (χ2v) is 6.10. The van der Waals surface area contributed by atoms with Crippen molar-refractivity contribution in [2.75, 3.05) is 18.6 Å². The lowest BCUT2D eigenvalue weighted by atomic mass is 10.0. The Labute approximate surface area is 130 Å². The van der Waals surface area contributed by atoms with Crippen LogP contribution in [0.25, 0.3) is 0 Å². The Kier molecular flexibility index (Phi) is 11.8. The molecule has 0 rings (SSSR count). The van der Waals surface area contributed by atoms with E-state index in [9.17, 15) is 14.4 Å². The highest BCUT2D eigenvalue weighted by molar-refractivity contribution is 7.98. The van der Waals surface area contributed by atoms with Gasteiger partial charge in [-0.25, -0.2) is 4.79 Å². The van der Waals surface area contributed by atoms with Gasteiger partial charge in [-0.3, -0.25) is 14.9 Å². The number of hydrogen-bond donors (Lipinski definition) is 3. The van der Waals surface area contributed by atoms with Crippen molar-refractivity contribution in [2.24, 2.45) is 5.92 Å². The van der Waals surface area contributed by atoms with Crippen LogP contribution < -0.4 is 10.6 Å². The highest BCUT2D eigenvalue weighted by atomic mass is 32.2. The molecule has 0 aliphatic carbocycles. The molecule has 21 heavy (non-hydrogen) atoms. The van der Waals surface area contributed by atoms with Crippen LogP contribution >= 0.6 is 11.8 Å². The average Bonchev–Trinajstić information content (AvgIpc) is 2.36. The molecule has 0 spiro atoms. The molecule has 0 aromatic rings. The second-order valence-electron chi connectivity index (χ2n) is 5.12. The van der Waals surface area contributed by atoms with E-state index in [0.717, 1.165) is 25.0 Å². The van der Waals surface area contributed by atoms with E-state index >= 15 is 0 Å². The van der Waals surface area contributed by atoms with E-state index in [0.29, 0.717) is 6.54 Å². The van der Waals surface area contributed by atoms with E-state index in [2.05, 4.69) is 16.9 Å². The van der Waals surface area contributed by atoms with Crippen LogP contribution in [-0.2, 0) is 9.59 Å². The number of hydrogen-bond acceptors (Lipinski definition) is 4. The summed E-state index contributed by atoms with van der Waals surface area (Å²) in [7, 11) is 0. The van der Waals surface area contributed by atoms with E-state index in [1.807, 2.05) is 11.8 Å². The Hall–Kier alpha value is -1.24. The molecule has 0 heterocycles. The van der Waals surface area contributed by atoms with Crippen molar-refractivity contribution in [3.63, 3.8) is 0 Å². The van der Waals surface area contributed by atoms with Crippen molar-refractivity contribution in [1.82, 2.24) is 10.6 Å². The first kappa shape index (κ1) is 19.8. The number of imide groups is 1. The van der Waals surface area contributed by atoms with E-state index in [4.69, 9.17) is 5.11 Å². The highest BCUT2D eigenvalue weighted by Crippen LogP contribution is 2.06. The Balaban J connectivity index is 3.60. The quantitative estimate of drug-likeness (QED) is 0.508. The fraction of sp³-hybridized carbons (Fsp3) is 0.786. The van der Waals surface area contributed by atoms with Gasteiger partial charge in [0.15, 0.2) is 0 Å². The molecule has 0 aromatic carbocycles. The van der Waals surface area contributed by atoms with Crippen LogP contribution in [0.15, 0.2) is 0 Å². The zero-order valence-corrected chi connectivity index (χ0v) is 13.6. The summed E-state index contributed by atoms with van der Waals surface area (Å²) in [6.45, 7) is 2.21. The molecule has 0 saturated carbocycles. The maximum absolute atomic E-state index is 11.5. The third-order valence-electron chi connectivity index (χ3n) is 2.87. The van der Waals surface area contributed by atoms with Gasteiger partial charge in [-0.2, -0.15) is 11.8 Å². The third-order valence-corrected chi connectivity index (χ3v) is 3.57. The Morgan fingerprint density at radius 1 is 1.10 bits per heavy atom. The third kappa shape index (κ3) is 13.5. The first-order valence-corrected chi connectivity index (χ1v) is 8.63. The van der Waals surface area contributed by atoms with Gasteiger partial charge in [0.2, 0.25) is 5.91 Å². The molecule has 7 heteroatoms. The molecular formula is C14H26N2O4S. The summed E-state index contributed by atoms with van der Waals surface area (Å²) in [6.07, 6.45) is 6.33. The minimum absolute atomic E-state index is 0.0361. The number of carbonyl (C=O) groups is 3. The Morgan fingerprint density at radius 2 is 1.76 bits per heavy atom. The largest absolute Gasteiger partial charge is 0.481 e. The van der Waals surface area contributed by atoms with Crippen molar-refractivity contribution in [3.05, 3.63) is 0 Å². The van der Waals surface area contributed by atoms with Crippen LogP contribution in [0.4, 0.5) is 4.79 Å². The summed E-state index contributed by atoms with van der Waals surface area (Å²) in [5.41, 5.74) is 0. The lowest BCUT2D eigenvalue weighted by Gasteiger charge is -2.09. The number of urea groups is 1. The van der Waals surface area contributed by atoms with Gasteiger partial charge in [0.25, 0.3) is 0 Å². The van der Waals surface area contributed by atoms with Gasteiger partial charge < -0.3 is 10.4 Å². The van der Waals surface area contributed by atoms with E-state index in [1.165, 1.54) is 6.42 Å².